The Morgan fingerprint density at radius 1 is 1.31 bits per heavy atom. The van der Waals surface area contributed by atoms with Crippen LogP contribution in [0.5, 0.6) is 0 Å². The molecule has 0 aliphatic carbocycles. The highest BCUT2D eigenvalue weighted by Crippen LogP contribution is 2.38. The molecule has 3 heterocycles. The number of thiophene rings is 1. The molecule has 1 N–H and O–H groups in total. The van der Waals surface area contributed by atoms with Gasteiger partial charge in [-0.2, -0.15) is 4.98 Å². The summed E-state index contributed by atoms with van der Waals surface area (Å²) >= 11 is 7.18. The maximum Gasteiger partial charge on any atom is 0.258 e. The molecule has 5 nitrogen and oxygen atoms in total. The number of rotatable bonds is 5. The van der Waals surface area contributed by atoms with Crippen LogP contribution in [0.3, 0.4) is 0 Å². The fourth-order valence-corrected chi connectivity index (χ4v) is 4.40. The monoisotopic (exact) mass is 428 g/mol. The molecular weight excluding hydrogens is 407 g/mol. The van der Waals surface area contributed by atoms with Crippen LogP contribution in [-0.2, 0) is 0 Å². The van der Waals surface area contributed by atoms with Gasteiger partial charge in [-0.1, -0.05) is 37.2 Å². The summed E-state index contributed by atoms with van der Waals surface area (Å²) in [4.78, 5) is 7.61. The van der Waals surface area contributed by atoms with Gasteiger partial charge in [-0.25, -0.2) is 4.39 Å². The minimum absolute atomic E-state index is 0.304. The number of hydrogen-bond acceptors (Lipinski definition) is 5. The molecule has 1 atom stereocenters. The van der Waals surface area contributed by atoms with Crippen molar-refractivity contribution in [2.24, 2.45) is 5.92 Å². The van der Waals surface area contributed by atoms with Crippen molar-refractivity contribution in [1.82, 2.24) is 20.4 Å². The maximum atomic E-state index is 13.9. The highest BCUT2D eigenvalue weighted by atomic mass is 32.1. The fraction of sp³-hybridized carbons (Fsp3) is 0.286. The second kappa shape index (κ2) is 8.04. The summed E-state index contributed by atoms with van der Waals surface area (Å²) in [6, 6.07) is 10.00. The molecule has 150 valence electrons. The first-order chi connectivity index (χ1) is 13.9. The summed E-state index contributed by atoms with van der Waals surface area (Å²) in [5.41, 5.74) is 2.49. The first kappa shape index (κ1) is 19.7. The topological polar surface area (TPSA) is 54.2 Å². The van der Waals surface area contributed by atoms with Gasteiger partial charge in [0.25, 0.3) is 5.89 Å². The van der Waals surface area contributed by atoms with E-state index in [1.165, 1.54) is 12.1 Å². The predicted octanol–water partition coefficient (Wildman–Crippen LogP) is 5.26. The van der Waals surface area contributed by atoms with Gasteiger partial charge in [-0.3, -0.25) is 0 Å². The van der Waals surface area contributed by atoms with Gasteiger partial charge in [-0.05, 0) is 54.2 Å². The van der Waals surface area contributed by atoms with Gasteiger partial charge in [0.1, 0.15) is 5.82 Å². The van der Waals surface area contributed by atoms with Crippen LogP contribution < -0.4 is 5.32 Å². The Labute approximate surface area is 178 Å². The number of halogens is 1. The van der Waals surface area contributed by atoms with Crippen LogP contribution in [0.2, 0.25) is 0 Å². The number of nitrogens with zero attached hydrogens (tertiary/aromatic N) is 3. The molecule has 0 fully saturated rings. The Bertz CT molecular complexity index is 1060. The minimum Gasteiger partial charge on any atom is -0.351 e. The lowest BCUT2D eigenvalue weighted by molar-refractivity contribution is 0.385. The summed E-state index contributed by atoms with van der Waals surface area (Å²) in [6.45, 7) is 7.01. The van der Waals surface area contributed by atoms with E-state index in [9.17, 15) is 4.39 Å². The van der Waals surface area contributed by atoms with Crippen molar-refractivity contribution in [2.75, 3.05) is 6.54 Å². The molecule has 29 heavy (non-hydrogen) atoms. The minimum atomic E-state index is -0.377. The summed E-state index contributed by atoms with van der Waals surface area (Å²) < 4.78 is 19.6. The van der Waals surface area contributed by atoms with E-state index in [4.69, 9.17) is 16.7 Å². The fourth-order valence-electron chi connectivity index (χ4n) is 3.42. The van der Waals surface area contributed by atoms with Crippen LogP contribution in [0, 0.1) is 11.7 Å². The molecule has 4 rings (SSSR count). The van der Waals surface area contributed by atoms with E-state index in [0.717, 1.165) is 28.3 Å². The average Bonchev–Trinajstić information content (AvgIpc) is 3.36. The number of thiocarbonyl (C=S) groups is 1. The summed E-state index contributed by atoms with van der Waals surface area (Å²) in [5, 5.41) is 10.1. The molecule has 1 unspecified atom stereocenters. The van der Waals surface area contributed by atoms with Crippen LogP contribution in [0.25, 0.3) is 16.3 Å². The first-order valence-electron chi connectivity index (χ1n) is 9.36. The van der Waals surface area contributed by atoms with Gasteiger partial charge in [0.05, 0.1) is 16.5 Å². The van der Waals surface area contributed by atoms with Gasteiger partial charge in [-0.15, -0.1) is 11.3 Å². The van der Waals surface area contributed by atoms with Gasteiger partial charge < -0.3 is 14.7 Å². The Kier molecular flexibility index (Phi) is 5.47. The Hall–Kier alpha value is -2.58. The van der Waals surface area contributed by atoms with E-state index < -0.39 is 0 Å². The summed E-state index contributed by atoms with van der Waals surface area (Å²) in [6.07, 6.45) is 0. The number of aromatic nitrogens is 2. The van der Waals surface area contributed by atoms with Gasteiger partial charge in [0.2, 0.25) is 5.82 Å². The maximum absolute atomic E-state index is 13.9. The van der Waals surface area contributed by atoms with Crippen molar-refractivity contribution in [3.8, 4) is 10.7 Å². The van der Waals surface area contributed by atoms with Crippen molar-refractivity contribution < 1.29 is 8.91 Å². The van der Waals surface area contributed by atoms with Crippen LogP contribution in [-0.4, -0.2) is 26.7 Å². The zero-order chi connectivity index (χ0) is 20.5. The average molecular weight is 429 g/mol. The van der Waals surface area contributed by atoms with Crippen molar-refractivity contribution in [3.63, 3.8) is 0 Å². The van der Waals surface area contributed by atoms with Crippen LogP contribution in [0.1, 0.15) is 38.3 Å². The molecule has 1 aliphatic heterocycles. The molecule has 1 aliphatic rings. The zero-order valence-electron chi connectivity index (χ0n) is 16.3. The van der Waals surface area contributed by atoms with Crippen molar-refractivity contribution in [2.45, 2.75) is 26.8 Å². The van der Waals surface area contributed by atoms with E-state index >= 15 is 0 Å². The van der Waals surface area contributed by atoms with Gasteiger partial charge >= 0.3 is 0 Å². The Morgan fingerprint density at radius 3 is 2.83 bits per heavy atom. The highest BCUT2D eigenvalue weighted by molar-refractivity contribution is 7.80. The van der Waals surface area contributed by atoms with Crippen LogP contribution in [0.4, 0.5) is 4.39 Å². The third-order valence-corrected chi connectivity index (χ3v) is 5.93. The number of hydrogen-bond donors (Lipinski definition) is 1. The third-order valence-electron chi connectivity index (χ3n) is 4.72. The summed E-state index contributed by atoms with van der Waals surface area (Å²) in [7, 11) is 0. The lowest BCUT2D eigenvalue weighted by Crippen LogP contribution is -2.47. The number of benzene rings is 1. The lowest BCUT2D eigenvalue weighted by Gasteiger charge is -2.38. The second-order valence-electron chi connectivity index (χ2n) is 7.34. The van der Waals surface area contributed by atoms with E-state index in [1.54, 1.807) is 17.4 Å². The molecule has 0 amide bonds. The van der Waals surface area contributed by atoms with Gasteiger partial charge in [0, 0.05) is 12.2 Å². The van der Waals surface area contributed by atoms with Gasteiger partial charge in [0.15, 0.2) is 5.11 Å². The smallest absolute Gasteiger partial charge is 0.258 e. The first-order valence-corrected chi connectivity index (χ1v) is 10.6. The van der Waals surface area contributed by atoms with Crippen molar-refractivity contribution in [1.29, 1.82) is 0 Å². The van der Waals surface area contributed by atoms with E-state index in [0.29, 0.717) is 22.7 Å². The summed E-state index contributed by atoms with van der Waals surface area (Å²) in [5.74, 6) is 1.04. The molecule has 1 aromatic carbocycles. The predicted molar refractivity (Wildman–Crippen MR) is 117 cm³/mol. The van der Waals surface area contributed by atoms with Crippen LogP contribution in [0.15, 0.2) is 52.0 Å². The molecule has 0 spiro atoms. The largest absolute Gasteiger partial charge is 0.351 e. The van der Waals surface area contributed by atoms with Crippen molar-refractivity contribution >= 4 is 34.2 Å². The number of allylic oxidation sites excluding steroid dienone is 1. The second-order valence-corrected chi connectivity index (χ2v) is 8.68. The molecule has 0 bridgehead atoms. The highest BCUT2D eigenvalue weighted by Gasteiger charge is 2.34. The molecular formula is C21H21FN4OS2. The van der Waals surface area contributed by atoms with E-state index in [2.05, 4.69) is 29.3 Å². The Morgan fingerprint density at radius 2 is 2.14 bits per heavy atom. The molecule has 0 radical (unpaired) electrons. The number of nitrogens with one attached hydrogen (secondary N) is 1. The van der Waals surface area contributed by atoms with E-state index in [-0.39, 0.29) is 11.9 Å². The third kappa shape index (κ3) is 3.95. The SMILES string of the molecule is CC1=C(c2nc(-c3cccs3)no2)C(c2cccc(F)c2)NC(=S)N1CC(C)C. The van der Waals surface area contributed by atoms with E-state index in [1.807, 2.05) is 35.4 Å². The quantitative estimate of drug-likeness (QED) is 0.560. The molecule has 3 aromatic rings. The zero-order valence-corrected chi connectivity index (χ0v) is 18.0. The lowest BCUT2D eigenvalue weighted by atomic mass is 9.94. The normalized spacial score (nSPS) is 17.2. The van der Waals surface area contributed by atoms with Crippen molar-refractivity contribution in [3.05, 3.63) is 64.7 Å². The molecule has 8 heteroatoms. The Balaban J connectivity index is 1.83. The standard InChI is InChI=1S/C21H21FN4OS2/c1-12(2)11-26-13(3)17(20-24-19(25-27-20)16-8-5-9-29-16)18(23-21(26)28)14-6-4-7-15(22)10-14/h4-10,12,18H,11H2,1-3H3,(H,23,28). The molecule has 2 aromatic heterocycles. The molecule has 0 saturated heterocycles. The van der Waals surface area contributed by atoms with Crippen LogP contribution >= 0.6 is 23.6 Å². The molecule has 0 saturated carbocycles.